The van der Waals surface area contributed by atoms with Gasteiger partial charge < -0.3 is 14.2 Å². The molecule has 0 aliphatic rings. The average Bonchev–Trinajstić information content (AvgIpc) is 2.96. The molecule has 39 heavy (non-hydrogen) atoms. The zero-order valence-electron chi connectivity index (χ0n) is 21.2. The van der Waals surface area contributed by atoms with E-state index < -0.39 is 17.8 Å². The number of nitrogens with zero attached hydrogens (tertiary/aromatic N) is 4. The second kappa shape index (κ2) is 15.3. The van der Waals surface area contributed by atoms with E-state index in [1.807, 2.05) is 0 Å². The van der Waals surface area contributed by atoms with Crippen LogP contribution in [0.1, 0.15) is 12.0 Å². The number of carbonyl (C=O) groups is 2. The van der Waals surface area contributed by atoms with Crippen molar-refractivity contribution in [3.05, 3.63) is 103 Å². The van der Waals surface area contributed by atoms with Gasteiger partial charge in [0, 0.05) is 31.1 Å². The Bertz CT molecular complexity index is 1340. The molecule has 0 radical (unpaired) electrons. The average molecular weight is 531 g/mol. The fourth-order valence-corrected chi connectivity index (χ4v) is 3.03. The molecule has 0 aliphatic heterocycles. The van der Waals surface area contributed by atoms with Crippen molar-refractivity contribution in [1.29, 1.82) is 0 Å². The molecule has 3 aromatic carbocycles. The van der Waals surface area contributed by atoms with E-state index in [2.05, 4.69) is 33.6 Å². The van der Waals surface area contributed by atoms with Gasteiger partial charge in [0.05, 0.1) is 42.6 Å². The molecule has 3 aromatic rings. The Hall–Kier alpha value is -4.99. The highest BCUT2D eigenvalue weighted by atomic mass is 19.1. The lowest BCUT2D eigenvalue weighted by Crippen LogP contribution is -2.06. The second-order valence-electron chi connectivity index (χ2n) is 7.88. The number of azo groups is 2. The Labute approximate surface area is 225 Å². The zero-order valence-corrected chi connectivity index (χ0v) is 21.2. The quantitative estimate of drug-likeness (QED) is 0.0931. The fourth-order valence-electron chi connectivity index (χ4n) is 3.03. The molecular weight excluding hydrogens is 503 g/mol. The van der Waals surface area contributed by atoms with Crippen LogP contribution in [0.15, 0.2) is 112 Å². The summed E-state index contributed by atoms with van der Waals surface area (Å²) in [6, 6.07) is 18.5. The van der Waals surface area contributed by atoms with Gasteiger partial charge in [0.25, 0.3) is 0 Å². The molecule has 0 aromatic heterocycles. The molecule has 3 rings (SSSR count). The van der Waals surface area contributed by atoms with E-state index in [-0.39, 0.29) is 19.6 Å². The van der Waals surface area contributed by atoms with Gasteiger partial charge in [-0.05, 0) is 60.2 Å². The molecule has 0 heterocycles. The van der Waals surface area contributed by atoms with Crippen molar-refractivity contribution in [2.45, 2.75) is 12.8 Å². The maximum atomic E-state index is 14.3. The van der Waals surface area contributed by atoms with Gasteiger partial charge in [-0.25, -0.2) is 14.0 Å². The molecule has 0 aliphatic carbocycles. The van der Waals surface area contributed by atoms with E-state index in [4.69, 9.17) is 14.2 Å². The minimum Gasteiger partial charge on any atom is -0.493 e. The largest absolute Gasteiger partial charge is 0.493 e. The molecule has 200 valence electrons. The molecule has 0 atom stereocenters. The van der Waals surface area contributed by atoms with Gasteiger partial charge in [0.15, 0.2) is 0 Å². The lowest BCUT2D eigenvalue weighted by atomic mass is 10.1. The molecule has 0 bridgehead atoms. The molecule has 0 amide bonds. The Balaban J connectivity index is 1.46. The molecular formula is C29H27FN4O5. The smallest absolute Gasteiger partial charge is 0.330 e. The summed E-state index contributed by atoms with van der Waals surface area (Å²) in [6.45, 7) is 7.38. The summed E-state index contributed by atoms with van der Waals surface area (Å²) < 4.78 is 29.6. The van der Waals surface area contributed by atoms with E-state index in [0.717, 1.165) is 12.2 Å². The van der Waals surface area contributed by atoms with Crippen LogP contribution in [0.3, 0.4) is 0 Å². The van der Waals surface area contributed by atoms with Crippen LogP contribution in [0.2, 0.25) is 0 Å². The Morgan fingerprint density at radius 3 is 1.72 bits per heavy atom. The summed E-state index contributed by atoms with van der Waals surface area (Å²) in [5.74, 6) is -0.789. The van der Waals surface area contributed by atoms with Crippen LogP contribution >= 0.6 is 0 Å². The Morgan fingerprint density at radius 1 is 0.692 bits per heavy atom. The van der Waals surface area contributed by atoms with Gasteiger partial charge in [-0.15, -0.1) is 0 Å². The minimum absolute atomic E-state index is 0.0596. The number of hydrogen-bond donors (Lipinski definition) is 0. The van der Waals surface area contributed by atoms with Crippen molar-refractivity contribution in [1.82, 2.24) is 0 Å². The SMILES string of the molecule is C=CC(=O)OCCCOc1ccc(/N=N/c2ccc(/N=N/c3ccc(CCOC(=O)C=C)c(F)c3)cc2)cc1. The normalized spacial score (nSPS) is 10.9. The number of halogens is 1. The number of esters is 2. The first-order chi connectivity index (χ1) is 19.0. The van der Waals surface area contributed by atoms with Gasteiger partial charge in [-0.3, -0.25) is 0 Å². The van der Waals surface area contributed by atoms with Crippen molar-refractivity contribution in [2.24, 2.45) is 20.5 Å². The summed E-state index contributed by atoms with van der Waals surface area (Å²) in [5, 5.41) is 16.6. The summed E-state index contributed by atoms with van der Waals surface area (Å²) in [7, 11) is 0. The van der Waals surface area contributed by atoms with Gasteiger partial charge in [-0.2, -0.15) is 20.5 Å². The first kappa shape index (κ1) is 28.6. The number of ether oxygens (including phenoxy) is 3. The van der Waals surface area contributed by atoms with Crippen molar-refractivity contribution >= 4 is 34.7 Å². The molecule has 9 nitrogen and oxygen atoms in total. The fraction of sp³-hybridized carbons (Fsp3) is 0.172. The third kappa shape index (κ3) is 10.1. The highest BCUT2D eigenvalue weighted by Crippen LogP contribution is 2.25. The molecule has 0 saturated heterocycles. The summed E-state index contributed by atoms with van der Waals surface area (Å²) in [5.41, 5.74) is 2.60. The number of carbonyl (C=O) groups excluding carboxylic acids is 2. The number of rotatable bonds is 14. The lowest BCUT2D eigenvalue weighted by Gasteiger charge is -2.06. The van der Waals surface area contributed by atoms with Crippen LogP contribution in [0, 0.1) is 5.82 Å². The van der Waals surface area contributed by atoms with Crippen molar-refractivity contribution in [2.75, 3.05) is 19.8 Å². The van der Waals surface area contributed by atoms with Gasteiger partial charge in [0.1, 0.15) is 11.6 Å². The van der Waals surface area contributed by atoms with Crippen molar-refractivity contribution in [3.63, 3.8) is 0 Å². The highest BCUT2D eigenvalue weighted by molar-refractivity contribution is 5.81. The molecule has 0 fully saturated rings. The van der Waals surface area contributed by atoms with Crippen LogP contribution in [0.5, 0.6) is 5.75 Å². The summed E-state index contributed by atoms with van der Waals surface area (Å²) in [4.78, 5) is 22.0. The van der Waals surface area contributed by atoms with Gasteiger partial charge >= 0.3 is 11.9 Å². The number of hydrogen-bond acceptors (Lipinski definition) is 9. The third-order valence-electron chi connectivity index (χ3n) is 5.04. The molecule has 0 spiro atoms. The molecule has 10 heteroatoms. The van der Waals surface area contributed by atoms with Gasteiger partial charge in [0.2, 0.25) is 0 Å². The minimum atomic E-state index is -0.549. The lowest BCUT2D eigenvalue weighted by molar-refractivity contribution is -0.138. The van der Waals surface area contributed by atoms with Crippen LogP contribution in [0.25, 0.3) is 0 Å². The first-order valence-electron chi connectivity index (χ1n) is 12.0. The van der Waals surface area contributed by atoms with Crippen LogP contribution in [-0.2, 0) is 25.5 Å². The van der Waals surface area contributed by atoms with E-state index >= 15 is 0 Å². The highest BCUT2D eigenvalue weighted by Gasteiger charge is 2.05. The van der Waals surface area contributed by atoms with Crippen LogP contribution in [-0.4, -0.2) is 31.8 Å². The van der Waals surface area contributed by atoms with Gasteiger partial charge in [-0.1, -0.05) is 19.2 Å². The summed E-state index contributed by atoms with van der Waals surface area (Å²) in [6.07, 6.45) is 2.99. The third-order valence-corrected chi connectivity index (χ3v) is 5.04. The van der Waals surface area contributed by atoms with Crippen LogP contribution < -0.4 is 4.74 Å². The zero-order chi connectivity index (χ0) is 27.9. The Morgan fingerprint density at radius 2 is 1.18 bits per heavy atom. The molecule has 0 unspecified atom stereocenters. The predicted molar refractivity (Wildman–Crippen MR) is 144 cm³/mol. The Kier molecular flexibility index (Phi) is 11.2. The first-order valence-corrected chi connectivity index (χ1v) is 12.0. The second-order valence-corrected chi connectivity index (χ2v) is 7.88. The van der Waals surface area contributed by atoms with Crippen LogP contribution in [0.4, 0.5) is 27.1 Å². The van der Waals surface area contributed by atoms with Crippen molar-refractivity contribution < 1.29 is 28.2 Å². The molecule has 0 saturated carbocycles. The standard InChI is InChI=1S/C29H27FN4O5/c1-3-28(35)38-18-5-17-37-26-14-12-24(13-15-26)32-31-22-8-10-23(11-9-22)33-34-25-7-6-21(27(30)20-25)16-19-39-29(36)4-2/h3-4,6-15,20H,1-2,5,16-19H2/b32-31+,34-33+. The topological polar surface area (TPSA) is 111 Å². The maximum Gasteiger partial charge on any atom is 0.330 e. The molecule has 0 N–H and O–H groups in total. The van der Waals surface area contributed by atoms with E-state index in [9.17, 15) is 14.0 Å². The van der Waals surface area contributed by atoms with E-state index in [1.54, 1.807) is 60.7 Å². The van der Waals surface area contributed by atoms with E-state index in [0.29, 0.717) is 47.1 Å². The summed E-state index contributed by atoms with van der Waals surface area (Å²) >= 11 is 0. The van der Waals surface area contributed by atoms with E-state index in [1.165, 1.54) is 6.07 Å². The number of benzene rings is 3. The maximum absolute atomic E-state index is 14.3. The van der Waals surface area contributed by atoms with Crippen molar-refractivity contribution in [3.8, 4) is 5.75 Å². The predicted octanol–water partition coefficient (Wildman–Crippen LogP) is 7.43. The monoisotopic (exact) mass is 530 g/mol.